The molecule has 0 radical (unpaired) electrons. The highest BCUT2D eigenvalue weighted by atomic mass is 16.3. The van der Waals surface area contributed by atoms with Crippen LogP contribution in [-0.4, -0.2) is 16.9 Å². The van der Waals surface area contributed by atoms with Gasteiger partial charge in [-0.1, -0.05) is 0 Å². The van der Waals surface area contributed by atoms with Crippen molar-refractivity contribution in [3.63, 3.8) is 0 Å². The molecule has 1 heterocycles. The zero-order chi connectivity index (χ0) is 13.2. The number of aromatic nitrogens is 1. The molecule has 1 aromatic heterocycles. The van der Waals surface area contributed by atoms with Crippen molar-refractivity contribution in [1.82, 2.24) is 4.98 Å². The largest absolute Gasteiger partial charge is 0.443 e. The summed E-state index contributed by atoms with van der Waals surface area (Å²) in [5, 5.41) is 2.94. The van der Waals surface area contributed by atoms with Crippen LogP contribution >= 0.6 is 0 Å². The topological polar surface area (TPSA) is 81.2 Å². The molecule has 5 heteroatoms. The van der Waals surface area contributed by atoms with Crippen LogP contribution in [0.5, 0.6) is 0 Å². The number of nitrogens with two attached hydrogens (primary N) is 1. The van der Waals surface area contributed by atoms with E-state index in [9.17, 15) is 4.79 Å². The van der Waals surface area contributed by atoms with Gasteiger partial charge < -0.3 is 15.5 Å². The Bertz CT molecular complexity index is 585. The van der Waals surface area contributed by atoms with Crippen LogP contribution in [0, 0.1) is 5.92 Å². The van der Waals surface area contributed by atoms with Crippen LogP contribution in [0.25, 0.3) is 11.1 Å². The van der Waals surface area contributed by atoms with E-state index >= 15 is 0 Å². The number of oxazole rings is 1. The predicted molar refractivity (Wildman–Crippen MR) is 72.6 cm³/mol. The molecule has 0 spiro atoms. The molecule has 1 aliphatic carbocycles. The molecule has 0 saturated heterocycles. The standard InChI is InChI=1S/C14H17N3O2/c15-10-3-1-9(2-4-10)14(18)17-11-5-6-12-13(7-11)19-8-16-12/h5-10H,1-4,15H2,(H,17,18). The van der Waals surface area contributed by atoms with E-state index < -0.39 is 0 Å². The Morgan fingerprint density at radius 3 is 2.89 bits per heavy atom. The predicted octanol–water partition coefficient (Wildman–Crippen LogP) is 2.28. The minimum atomic E-state index is 0.0743. The Kier molecular flexibility index (Phi) is 3.21. The smallest absolute Gasteiger partial charge is 0.227 e. The molecule has 0 aliphatic heterocycles. The average Bonchev–Trinajstić information content (AvgIpc) is 2.87. The lowest BCUT2D eigenvalue weighted by atomic mass is 9.86. The minimum Gasteiger partial charge on any atom is -0.443 e. The molecule has 1 aliphatic rings. The van der Waals surface area contributed by atoms with Crippen molar-refractivity contribution in [2.45, 2.75) is 31.7 Å². The Labute approximate surface area is 111 Å². The number of nitrogens with one attached hydrogen (secondary N) is 1. The molecule has 0 bridgehead atoms. The molecule has 3 N–H and O–H groups in total. The third-order valence-electron chi connectivity index (χ3n) is 3.74. The molecule has 19 heavy (non-hydrogen) atoms. The van der Waals surface area contributed by atoms with Crippen LogP contribution in [-0.2, 0) is 4.79 Å². The lowest BCUT2D eigenvalue weighted by Crippen LogP contribution is -2.32. The van der Waals surface area contributed by atoms with Gasteiger partial charge in [0.25, 0.3) is 0 Å². The van der Waals surface area contributed by atoms with E-state index in [1.807, 2.05) is 12.1 Å². The zero-order valence-electron chi connectivity index (χ0n) is 10.6. The molecule has 1 fully saturated rings. The number of anilines is 1. The van der Waals surface area contributed by atoms with Crippen LogP contribution in [0.2, 0.25) is 0 Å². The summed E-state index contributed by atoms with van der Waals surface area (Å²) in [7, 11) is 0. The second-order valence-electron chi connectivity index (χ2n) is 5.14. The van der Waals surface area contributed by atoms with Gasteiger partial charge in [-0.05, 0) is 37.8 Å². The first kappa shape index (κ1) is 12.2. The number of rotatable bonds is 2. The molecule has 1 saturated carbocycles. The monoisotopic (exact) mass is 259 g/mol. The molecular formula is C14H17N3O2. The normalized spacial score (nSPS) is 23.4. The van der Waals surface area contributed by atoms with Crippen molar-refractivity contribution < 1.29 is 9.21 Å². The van der Waals surface area contributed by atoms with E-state index in [1.54, 1.807) is 6.07 Å². The van der Waals surface area contributed by atoms with E-state index in [2.05, 4.69) is 10.3 Å². The Balaban J connectivity index is 1.68. The van der Waals surface area contributed by atoms with Crippen LogP contribution in [0.4, 0.5) is 5.69 Å². The maximum atomic E-state index is 12.2. The van der Waals surface area contributed by atoms with Crippen LogP contribution in [0.3, 0.4) is 0 Å². The summed E-state index contributed by atoms with van der Waals surface area (Å²) in [5.41, 5.74) is 8.08. The Morgan fingerprint density at radius 1 is 1.32 bits per heavy atom. The van der Waals surface area contributed by atoms with Gasteiger partial charge in [-0.15, -0.1) is 0 Å². The summed E-state index contributed by atoms with van der Waals surface area (Å²) in [6.07, 6.45) is 5.01. The Morgan fingerprint density at radius 2 is 2.11 bits per heavy atom. The molecule has 1 amide bonds. The molecule has 1 aromatic carbocycles. The average molecular weight is 259 g/mol. The summed E-state index contributed by atoms with van der Waals surface area (Å²) in [4.78, 5) is 16.2. The Hall–Kier alpha value is -1.88. The lowest BCUT2D eigenvalue weighted by molar-refractivity contribution is -0.120. The number of carbonyl (C=O) groups is 1. The van der Waals surface area contributed by atoms with E-state index in [0.29, 0.717) is 5.58 Å². The molecule has 0 atom stereocenters. The van der Waals surface area contributed by atoms with Gasteiger partial charge in [0.1, 0.15) is 5.52 Å². The van der Waals surface area contributed by atoms with E-state index in [4.69, 9.17) is 10.2 Å². The summed E-state index contributed by atoms with van der Waals surface area (Å²) >= 11 is 0. The van der Waals surface area contributed by atoms with Gasteiger partial charge in [0.05, 0.1) is 0 Å². The summed E-state index contributed by atoms with van der Waals surface area (Å²) in [6, 6.07) is 5.74. The lowest BCUT2D eigenvalue weighted by Gasteiger charge is -2.25. The first-order chi connectivity index (χ1) is 9.22. The first-order valence-electron chi connectivity index (χ1n) is 6.62. The molecule has 0 unspecified atom stereocenters. The van der Waals surface area contributed by atoms with Crippen molar-refractivity contribution in [2.24, 2.45) is 11.7 Å². The fourth-order valence-corrected chi connectivity index (χ4v) is 2.56. The number of hydrogen-bond acceptors (Lipinski definition) is 4. The number of amides is 1. The van der Waals surface area contributed by atoms with Crippen molar-refractivity contribution in [2.75, 3.05) is 5.32 Å². The second kappa shape index (κ2) is 5.01. The zero-order valence-corrected chi connectivity index (χ0v) is 10.6. The van der Waals surface area contributed by atoms with Crippen LogP contribution < -0.4 is 11.1 Å². The first-order valence-corrected chi connectivity index (χ1v) is 6.62. The summed E-state index contributed by atoms with van der Waals surface area (Å²) < 4.78 is 5.22. The summed E-state index contributed by atoms with van der Waals surface area (Å²) in [5.74, 6) is 0.149. The molecular weight excluding hydrogens is 242 g/mol. The van der Waals surface area contributed by atoms with Crippen molar-refractivity contribution in [1.29, 1.82) is 0 Å². The van der Waals surface area contributed by atoms with E-state index in [0.717, 1.165) is 36.9 Å². The van der Waals surface area contributed by atoms with Crippen LogP contribution in [0.1, 0.15) is 25.7 Å². The third kappa shape index (κ3) is 2.61. The highest BCUT2D eigenvalue weighted by Gasteiger charge is 2.24. The van der Waals surface area contributed by atoms with Crippen molar-refractivity contribution in [3.8, 4) is 0 Å². The van der Waals surface area contributed by atoms with Gasteiger partial charge >= 0.3 is 0 Å². The van der Waals surface area contributed by atoms with Gasteiger partial charge in [-0.25, -0.2) is 4.98 Å². The highest BCUT2D eigenvalue weighted by Crippen LogP contribution is 2.25. The molecule has 5 nitrogen and oxygen atoms in total. The van der Waals surface area contributed by atoms with Crippen molar-refractivity contribution in [3.05, 3.63) is 24.6 Å². The minimum absolute atomic E-state index is 0.0743. The highest BCUT2D eigenvalue weighted by molar-refractivity contribution is 5.94. The van der Waals surface area contributed by atoms with Crippen molar-refractivity contribution >= 4 is 22.7 Å². The fourth-order valence-electron chi connectivity index (χ4n) is 2.56. The SMILES string of the molecule is NC1CCC(C(=O)Nc2ccc3ncoc3c2)CC1. The quantitative estimate of drug-likeness (QED) is 0.867. The number of hydrogen-bond donors (Lipinski definition) is 2. The fraction of sp³-hybridized carbons (Fsp3) is 0.429. The number of carbonyl (C=O) groups excluding carboxylic acids is 1. The molecule has 100 valence electrons. The van der Waals surface area contributed by atoms with Crippen LogP contribution in [0.15, 0.2) is 29.0 Å². The van der Waals surface area contributed by atoms with E-state index in [-0.39, 0.29) is 17.9 Å². The second-order valence-corrected chi connectivity index (χ2v) is 5.14. The van der Waals surface area contributed by atoms with Gasteiger partial charge in [0.2, 0.25) is 5.91 Å². The molecule has 3 rings (SSSR count). The summed E-state index contributed by atoms with van der Waals surface area (Å²) in [6.45, 7) is 0. The number of nitrogens with zero attached hydrogens (tertiary/aromatic N) is 1. The van der Waals surface area contributed by atoms with E-state index in [1.165, 1.54) is 6.39 Å². The van der Waals surface area contributed by atoms with Gasteiger partial charge in [0.15, 0.2) is 12.0 Å². The third-order valence-corrected chi connectivity index (χ3v) is 3.74. The van der Waals surface area contributed by atoms with Gasteiger partial charge in [-0.2, -0.15) is 0 Å². The number of benzene rings is 1. The van der Waals surface area contributed by atoms with Gasteiger partial charge in [0, 0.05) is 23.7 Å². The molecule has 2 aromatic rings. The number of fused-ring (bicyclic) bond motifs is 1. The maximum absolute atomic E-state index is 12.2. The van der Waals surface area contributed by atoms with Gasteiger partial charge in [-0.3, -0.25) is 4.79 Å². The maximum Gasteiger partial charge on any atom is 0.227 e.